The lowest BCUT2D eigenvalue weighted by Gasteiger charge is -2.44. The number of alkyl halides is 3. The van der Waals surface area contributed by atoms with Crippen molar-refractivity contribution in [2.24, 2.45) is 0 Å². The first kappa shape index (κ1) is 24.9. The maximum atomic E-state index is 14.8. The lowest BCUT2D eigenvalue weighted by atomic mass is 9.76. The van der Waals surface area contributed by atoms with Gasteiger partial charge in [0.25, 0.3) is 0 Å². The first-order chi connectivity index (χ1) is 17.1. The molecule has 2 aromatic rings. The van der Waals surface area contributed by atoms with Crippen molar-refractivity contribution < 1.29 is 27.1 Å². The van der Waals surface area contributed by atoms with Gasteiger partial charge >= 0.3 is 6.18 Å². The third-order valence-electron chi connectivity index (χ3n) is 7.64. The summed E-state index contributed by atoms with van der Waals surface area (Å²) in [5, 5.41) is 3.13. The van der Waals surface area contributed by atoms with E-state index in [2.05, 4.69) is 20.2 Å². The number of likely N-dealkylation sites (N-methyl/N-ethyl adjacent to an activating group) is 1. The number of carbonyl (C=O) groups is 1. The van der Waals surface area contributed by atoms with Gasteiger partial charge in [0.1, 0.15) is 23.4 Å². The zero-order valence-electron chi connectivity index (χ0n) is 20.2. The zero-order chi connectivity index (χ0) is 25.7. The molecule has 7 nitrogen and oxygen atoms in total. The van der Waals surface area contributed by atoms with Crippen molar-refractivity contribution in [1.29, 1.82) is 0 Å². The molecule has 1 spiro atoms. The molecular weight excluding hydrogens is 478 g/mol. The van der Waals surface area contributed by atoms with Crippen LogP contribution in [0.15, 0.2) is 24.5 Å². The molecule has 1 unspecified atom stereocenters. The third kappa shape index (κ3) is 4.21. The maximum absolute atomic E-state index is 14.8. The summed E-state index contributed by atoms with van der Waals surface area (Å²) in [5.41, 5.74) is -0.846. The second-order valence-electron chi connectivity index (χ2n) is 9.97. The van der Waals surface area contributed by atoms with E-state index >= 15 is 0 Å². The van der Waals surface area contributed by atoms with E-state index in [0.29, 0.717) is 37.7 Å². The largest absolute Gasteiger partial charge is 0.419 e. The van der Waals surface area contributed by atoms with Crippen molar-refractivity contribution in [3.05, 3.63) is 52.7 Å². The highest BCUT2D eigenvalue weighted by molar-refractivity contribution is 5.91. The van der Waals surface area contributed by atoms with Crippen LogP contribution in [0.25, 0.3) is 0 Å². The first-order valence-corrected chi connectivity index (χ1v) is 12.2. The number of ether oxygens (including phenoxy) is 1. The number of anilines is 1. The fourth-order valence-corrected chi connectivity index (χ4v) is 5.76. The summed E-state index contributed by atoms with van der Waals surface area (Å²) in [6.07, 6.45) is -1.35. The van der Waals surface area contributed by atoms with Crippen molar-refractivity contribution in [1.82, 2.24) is 19.8 Å². The molecule has 36 heavy (non-hydrogen) atoms. The van der Waals surface area contributed by atoms with E-state index in [1.807, 2.05) is 11.9 Å². The van der Waals surface area contributed by atoms with Gasteiger partial charge in [-0.1, -0.05) is 12.1 Å². The molecule has 0 radical (unpaired) electrons. The number of amides is 1. The van der Waals surface area contributed by atoms with Gasteiger partial charge in [0, 0.05) is 36.9 Å². The minimum absolute atomic E-state index is 0.0218. The monoisotopic (exact) mass is 507 g/mol. The Bertz CT molecular complexity index is 1150. The molecule has 11 heteroatoms. The van der Waals surface area contributed by atoms with Gasteiger partial charge in [-0.05, 0) is 45.8 Å². The smallest absolute Gasteiger partial charge is 0.381 e. The number of halogens is 4. The molecule has 0 aliphatic carbocycles. The Hall–Kier alpha value is -2.79. The van der Waals surface area contributed by atoms with E-state index in [9.17, 15) is 22.4 Å². The van der Waals surface area contributed by atoms with Crippen LogP contribution in [0.2, 0.25) is 0 Å². The fourth-order valence-electron chi connectivity index (χ4n) is 5.76. The van der Waals surface area contributed by atoms with Crippen LogP contribution in [0.3, 0.4) is 0 Å². The van der Waals surface area contributed by atoms with Crippen LogP contribution in [0.1, 0.15) is 54.6 Å². The van der Waals surface area contributed by atoms with E-state index in [4.69, 9.17) is 4.74 Å². The maximum Gasteiger partial charge on any atom is 0.419 e. The van der Waals surface area contributed by atoms with Crippen molar-refractivity contribution in [3.63, 3.8) is 0 Å². The third-order valence-corrected chi connectivity index (χ3v) is 7.64. The summed E-state index contributed by atoms with van der Waals surface area (Å²) in [6, 6.07) is 2.48. The van der Waals surface area contributed by atoms with Crippen molar-refractivity contribution >= 4 is 11.7 Å². The van der Waals surface area contributed by atoms with E-state index in [1.54, 1.807) is 6.92 Å². The van der Waals surface area contributed by atoms with Gasteiger partial charge < -0.3 is 19.9 Å². The lowest BCUT2D eigenvalue weighted by Crippen LogP contribution is -2.57. The van der Waals surface area contributed by atoms with E-state index < -0.39 is 29.0 Å². The predicted molar refractivity (Wildman–Crippen MR) is 124 cm³/mol. The molecule has 2 atom stereocenters. The molecule has 5 rings (SSSR count). The van der Waals surface area contributed by atoms with Crippen molar-refractivity contribution in [3.8, 4) is 0 Å². The summed E-state index contributed by atoms with van der Waals surface area (Å²) in [7, 11) is 1.97. The minimum Gasteiger partial charge on any atom is -0.381 e. The molecule has 0 saturated carbocycles. The molecule has 3 aliphatic heterocycles. The van der Waals surface area contributed by atoms with Gasteiger partial charge in [-0.25, -0.2) is 14.4 Å². The van der Waals surface area contributed by atoms with Crippen LogP contribution >= 0.6 is 0 Å². The Morgan fingerprint density at radius 3 is 2.64 bits per heavy atom. The molecule has 4 heterocycles. The van der Waals surface area contributed by atoms with Crippen LogP contribution in [0, 0.1) is 5.82 Å². The molecule has 1 aromatic carbocycles. The van der Waals surface area contributed by atoms with Crippen molar-refractivity contribution in [2.75, 3.05) is 38.7 Å². The highest BCUT2D eigenvalue weighted by Gasteiger charge is 2.54. The van der Waals surface area contributed by atoms with Crippen LogP contribution in [0.4, 0.5) is 23.4 Å². The van der Waals surface area contributed by atoms with Gasteiger partial charge in [-0.3, -0.25) is 4.79 Å². The van der Waals surface area contributed by atoms with Crippen LogP contribution < -0.4 is 5.32 Å². The number of benzene rings is 1. The molecule has 194 valence electrons. The van der Waals surface area contributed by atoms with E-state index in [0.717, 1.165) is 31.0 Å². The molecular formula is C25H29F4N5O2. The van der Waals surface area contributed by atoms with Gasteiger partial charge in [0.2, 0.25) is 5.91 Å². The highest BCUT2D eigenvalue weighted by Crippen LogP contribution is 2.44. The number of hydrogen-bond donors (Lipinski definition) is 1. The molecule has 3 aliphatic rings. The first-order valence-electron chi connectivity index (χ1n) is 12.2. The van der Waals surface area contributed by atoms with Gasteiger partial charge in [0.15, 0.2) is 0 Å². The second-order valence-corrected chi connectivity index (χ2v) is 9.97. The summed E-state index contributed by atoms with van der Waals surface area (Å²) in [6.45, 7) is 4.30. The average Bonchev–Trinajstić information content (AvgIpc) is 3.24. The average molecular weight is 508 g/mol. The molecule has 1 aromatic heterocycles. The molecule has 2 saturated heterocycles. The van der Waals surface area contributed by atoms with Gasteiger partial charge in [0.05, 0.1) is 23.8 Å². The van der Waals surface area contributed by atoms with Gasteiger partial charge in [-0.15, -0.1) is 0 Å². The Morgan fingerprint density at radius 1 is 1.22 bits per heavy atom. The summed E-state index contributed by atoms with van der Waals surface area (Å²) < 4.78 is 60.1. The number of nitrogens with one attached hydrogen (secondary N) is 1. The summed E-state index contributed by atoms with van der Waals surface area (Å²) in [4.78, 5) is 26.9. The van der Waals surface area contributed by atoms with Crippen molar-refractivity contribution in [2.45, 2.75) is 56.4 Å². The summed E-state index contributed by atoms with van der Waals surface area (Å²) in [5.74, 6) is -0.850. The van der Waals surface area contributed by atoms with E-state index in [1.165, 1.54) is 18.5 Å². The number of nitrogens with zero attached hydrogens (tertiary/aromatic N) is 4. The Labute approximate surface area is 206 Å². The Balaban J connectivity index is 1.53. The molecule has 1 N–H and O–H groups in total. The fraction of sp³-hybridized carbons (Fsp3) is 0.560. The highest BCUT2D eigenvalue weighted by atomic mass is 19.4. The normalized spacial score (nSPS) is 24.3. The quantitative estimate of drug-likeness (QED) is 0.633. The predicted octanol–water partition coefficient (Wildman–Crippen LogP) is 3.90. The Kier molecular flexibility index (Phi) is 6.40. The number of likely N-dealkylation sites (tertiary alicyclic amines) is 1. The standard InChI is InChI=1S/C25H29F4N5O2/c1-15(17-4-3-5-19(20(17)26)25(27,28)29)32-22-18-12-34(16-6-10-36-11-7-16)23(35)24(8-9-33(2)13-24)21(18)30-14-31-22/h3-5,14-16H,6-13H2,1-2H3,(H,30,31,32)/t15-,24?/m1/s1. The molecule has 0 bridgehead atoms. The van der Waals surface area contributed by atoms with E-state index in [-0.39, 0.29) is 24.1 Å². The Morgan fingerprint density at radius 2 is 1.97 bits per heavy atom. The van der Waals surface area contributed by atoms with Crippen LogP contribution in [0.5, 0.6) is 0 Å². The number of fused-ring (bicyclic) bond motifs is 2. The number of aromatic nitrogens is 2. The minimum atomic E-state index is -4.79. The lowest BCUT2D eigenvalue weighted by molar-refractivity contribution is -0.144. The SMILES string of the molecule is C[C@@H](Nc1ncnc2c1CN(C1CCOCC1)C(=O)C21CCN(C)C1)c1cccc(C(F)(F)F)c1F. The topological polar surface area (TPSA) is 70.6 Å². The number of rotatable bonds is 4. The van der Waals surface area contributed by atoms with Crippen LogP contribution in [-0.4, -0.2) is 65.1 Å². The number of hydrogen-bond acceptors (Lipinski definition) is 6. The molecule has 1 amide bonds. The summed E-state index contributed by atoms with van der Waals surface area (Å²) >= 11 is 0. The van der Waals surface area contributed by atoms with Gasteiger partial charge in [-0.2, -0.15) is 13.2 Å². The van der Waals surface area contributed by atoms with Crippen LogP contribution in [-0.2, 0) is 27.7 Å². The number of carbonyl (C=O) groups excluding carboxylic acids is 1. The zero-order valence-corrected chi connectivity index (χ0v) is 20.2. The molecule has 2 fully saturated rings. The second kappa shape index (κ2) is 9.26.